The molecule has 0 saturated carbocycles. The van der Waals surface area contributed by atoms with Crippen molar-refractivity contribution in [2.24, 2.45) is 0 Å². The summed E-state index contributed by atoms with van der Waals surface area (Å²) in [4.78, 5) is 11.0. The number of esters is 1. The van der Waals surface area contributed by atoms with Crippen LogP contribution in [0.2, 0.25) is 0 Å². The van der Waals surface area contributed by atoms with Crippen LogP contribution in [0.25, 0.3) is 0 Å². The van der Waals surface area contributed by atoms with Gasteiger partial charge in [-0.25, -0.2) is 0 Å². The maximum atomic E-state index is 12.7. The number of carbonyl (C=O) groups excluding carboxylic acids is 1. The lowest BCUT2D eigenvalue weighted by Crippen LogP contribution is -2.43. The van der Waals surface area contributed by atoms with Crippen LogP contribution in [0.15, 0.2) is 24.3 Å². The molecular formula is C15H18F3NO2. The number of halogens is 3. The Morgan fingerprint density at radius 3 is 2.86 bits per heavy atom. The zero-order valence-corrected chi connectivity index (χ0v) is 11.7. The molecule has 2 unspecified atom stereocenters. The van der Waals surface area contributed by atoms with Gasteiger partial charge in [-0.05, 0) is 31.0 Å². The Kier molecular flexibility index (Phi) is 4.88. The van der Waals surface area contributed by atoms with Gasteiger partial charge in [0, 0.05) is 19.4 Å². The number of hydrogen-bond donors (Lipinski definition) is 1. The highest BCUT2D eigenvalue weighted by Gasteiger charge is 2.31. The molecule has 1 fully saturated rings. The smallest absolute Gasteiger partial charge is 0.416 e. The summed E-state index contributed by atoms with van der Waals surface area (Å²) in [5, 5.41) is 3.26. The number of nitrogens with one attached hydrogen (secondary N) is 1. The summed E-state index contributed by atoms with van der Waals surface area (Å²) < 4.78 is 43.2. The molecule has 0 bridgehead atoms. The van der Waals surface area contributed by atoms with Crippen molar-refractivity contribution in [2.75, 3.05) is 6.54 Å². The topological polar surface area (TPSA) is 38.3 Å². The molecule has 21 heavy (non-hydrogen) atoms. The number of rotatable bonds is 3. The maximum absolute atomic E-state index is 12.7. The van der Waals surface area contributed by atoms with Crippen molar-refractivity contribution in [1.29, 1.82) is 0 Å². The molecular weight excluding hydrogens is 283 g/mol. The molecule has 1 N–H and O–H groups in total. The fraction of sp³-hybridized carbons (Fsp3) is 0.533. The van der Waals surface area contributed by atoms with Gasteiger partial charge >= 0.3 is 12.1 Å². The van der Waals surface area contributed by atoms with E-state index in [2.05, 4.69) is 5.32 Å². The molecule has 116 valence electrons. The summed E-state index contributed by atoms with van der Waals surface area (Å²) in [6, 6.07) is 5.37. The Hall–Kier alpha value is -1.56. The third-order valence-electron chi connectivity index (χ3n) is 3.52. The minimum absolute atomic E-state index is 0.0200. The van der Waals surface area contributed by atoms with Crippen molar-refractivity contribution < 1.29 is 22.7 Å². The van der Waals surface area contributed by atoms with Crippen LogP contribution >= 0.6 is 0 Å². The molecule has 6 heteroatoms. The number of alkyl halides is 3. The summed E-state index contributed by atoms with van der Waals surface area (Å²) in [5.41, 5.74) is -0.00172. The van der Waals surface area contributed by atoms with Crippen LogP contribution in [-0.2, 0) is 22.1 Å². The maximum Gasteiger partial charge on any atom is 0.416 e. The van der Waals surface area contributed by atoms with Crippen LogP contribution in [0.1, 0.15) is 30.9 Å². The van der Waals surface area contributed by atoms with Gasteiger partial charge in [-0.2, -0.15) is 13.2 Å². The number of ether oxygens (including phenoxy) is 1. The van der Waals surface area contributed by atoms with Gasteiger partial charge in [0.1, 0.15) is 6.10 Å². The van der Waals surface area contributed by atoms with E-state index in [0.29, 0.717) is 24.9 Å². The van der Waals surface area contributed by atoms with Crippen LogP contribution in [0.5, 0.6) is 0 Å². The Morgan fingerprint density at radius 1 is 1.43 bits per heavy atom. The third kappa shape index (κ3) is 4.74. The van der Waals surface area contributed by atoms with E-state index < -0.39 is 11.7 Å². The lowest BCUT2D eigenvalue weighted by Gasteiger charge is -2.30. The Balaban J connectivity index is 1.99. The van der Waals surface area contributed by atoms with Crippen LogP contribution in [0.3, 0.4) is 0 Å². The zero-order valence-electron chi connectivity index (χ0n) is 11.7. The summed E-state index contributed by atoms with van der Waals surface area (Å²) in [7, 11) is 0. The van der Waals surface area contributed by atoms with Crippen molar-refractivity contribution in [3.05, 3.63) is 35.4 Å². The van der Waals surface area contributed by atoms with Crippen LogP contribution < -0.4 is 5.32 Å². The van der Waals surface area contributed by atoms with Gasteiger partial charge in [-0.3, -0.25) is 4.79 Å². The van der Waals surface area contributed by atoms with Crippen molar-refractivity contribution in [3.8, 4) is 0 Å². The summed E-state index contributed by atoms with van der Waals surface area (Å²) in [6.07, 6.45) is -2.63. The van der Waals surface area contributed by atoms with E-state index in [0.717, 1.165) is 12.5 Å². The molecule has 1 aromatic rings. The largest absolute Gasteiger partial charge is 0.462 e. The van der Waals surface area contributed by atoms with Gasteiger partial charge in [0.2, 0.25) is 0 Å². The van der Waals surface area contributed by atoms with Crippen molar-refractivity contribution in [1.82, 2.24) is 5.32 Å². The fourth-order valence-electron chi connectivity index (χ4n) is 2.62. The standard InChI is InChI=1S/C15H18F3NO2/c1-10(20)21-14-5-6-19-13(9-14)8-11-3-2-4-12(7-11)15(16,17)18/h2-4,7,13-14,19H,5-6,8-9H2,1H3. The van der Waals surface area contributed by atoms with Gasteiger partial charge in [-0.15, -0.1) is 0 Å². The van der Waals surface area contributed by atoms with Crippen molar-refractivity contribution >= 4 is 5.97 Å². The van der Waals surface area contributed by atoms with Gasteiger partial charge in [0.05, 0.1) is 5.56 Å². The van der Waals surface area contributed by atoms with Crippen molar-refractivity contribution in [3.63, 3.8) is 0 Å². The second-order valence-electron chi connectivity index (χ2n) is 5.31. The molecule has 2 rings (SSSR count). The summed E-state index contributed by atoms with van der Waals surface area (Å²) in [6.45, 7) is 2.06. The minimum Gasteiger partial charge on any atom is -0.462 e. The number of carbonyl (C=O) groups is 1. The summed E-state index contributed by atoms with van der Waals surface area (Å²) >= 11 is 0. The van der Waals surface area contributed by atoms with E-state index in [1.165, 1.54) is 19.1 Å². The molecule has 3 nitrogen and oxygen atoms in total. The highest BCUT2D eigenvalue weighted by atomic mass is 19.4. The molecule has 0 aliphatic carbocycles. The number of hydrogen-bond acceptors (Lipinski definition) is 3. The Bertz CT molecular complexity index is 502. The van der Waals surface area contributed by atoms with E-state index in [4.69, 9.17) is 4.74 Å². The molecule has 2 atom stereocenters. The summed E-state index contributed by atoms with van der Waals surface area (Å²) in [5.74, 6) is -0.320. The monoisotopic (exact) mass is 301 g/mol. The minimum atomic E-state index is -4.32. The molecule has 0 amide bonds. The predicted octanol–water partition coefficient (Wildman–Crippen LogP) is 2.93. The van der Waals surface area contributed by atoms with Gasteiger partial charge in [0.25, 0.3) is 0 Å². The molecule has 0 radical (unpaired) electrons. The molecule has 0 aromatic heterocycles. The third-order valence-corrected chi connectivity index (χ3v) is 3.52. The molecule has 0 spiro atoms. The average molecular weight is 301 g/mol. The van der Waals surface area contributed by atoms with Gasteiger partial charge in [-0.1, -0.05) is 18.2 Å². The Morgan fingerprint density at radius 2 is 2.19 bits per heavy atom. The molecule has 1 aliphatic rings. The van der Waals surface area contributed by atoms with E-state index in [1.54, 1.807) is 6.07 Å². The van der Waals surface area contributed by atoms with E-state index in [1.807, 2.05) is 0 Å². The Labute approximate surface area is 121 Å². The van der Waals surface area contributed by atoms with Gasteiger partial charge in [0.15, 0.2) is 0 Å². The first-order valence-electron chi connectivity index (χ1n) is 6.91. The SMILES string of the molecule is CC(=O)OC1CCNC(Cc2cccc(C(F)(F)F)c2)C1. The lowest BCUT2D eigenvalue weighted by atomic mass is 9.95. The second-order valence-corrected chi connectivity index (χ2v) is 5.31. The van der Waals surface area contributed by atoms with E-state index >= 15 is 0 Å². The van der Waals surface area contributed by atoms with Crippen LogP contribution in [-0.4, -0.2) is 24.7 Å². The fourth-order valence-corrected chi connectivity index (χ4v) is 2.62. The first kappa shape index (κ1) is 15.8. The van der Waals surface area contributed by atoms with Gasteiger partial charge < -0.3 is 10.1 Å². The molecule has 1 aliphatic heterocycles. The first-order valence-corrected chi connectivity index (χ1v) is 6.91. The quantitative estimate of drug-likeness (QED) is 0.872. The number of benzene rings is 1. The lowest BCUT2D eigenvalue weighted by molar-refractivity contribution is -0.148. The van der Waals surface area contributed by atoms with E-state index in [9.17, 15) is 18.0 Å². The molecule has 1 heterocycles. The van der Waals surface area contributed by atoms with E-state index in [-0.39, 0.29) is 18.1 Å². The molecule has 1 aromatic carbocycles. The zero-order chi connectivity index (χ0) is 15.5. The van der Waals surface area contributed by atoms with Crippen molar-refractivity contribution in [2.45, 2.75) is 44.5 Å². The predicted molar refractivity (Wildman–Crippen MR) is 71.7 cm³/mol. The number of piperidine rings is 1. The second kappa shape index (κ2) is 6.47. The van der Waals surface area contributed by atoms with Crippen LogP contribution in [0, 0.1) is 0 Å². The normalized spacial score (nSPS) is 22.9. The highest BCUT2D eigenvalue weighted by Crippen LogP contribution is 2.30. The highest BCUT2D eigenvalue weighted by molar-refractivity contribution is 5.66. The van der Waals surface area contributed by atoms with Crippen LogP contribution in [0.4, 0.5) is 13.2 Å². The average Bonchev–Trinajstić information content (AvgIpc) is 2.37. The first-order chi connectivity index (χ1) is 9.84. The molecule has 1 saturated heterocycles.